The largest absolute Gasteiger partial charge is 0.441 e. The number of aromatic nitrogens is 1. The molecule has 1 N–H and O–H groups in total. The maximum Gasteiger partial charge on any atom is 0.229 e. The molecule has 0 aliphatic carbocycles. The zero-order valence-corrected chi connectivity index (χ0v) is 13.5. The van der Waals surface area contributed by atoms with Gasteiger partial charge in [0.05, 0.1) is 17.4 Å². The maximum absolute atomic E-state index is 14.4. The molecule has 2 aromatic rings. The number of rotatable bonds is 1. The molecule has 1 aliphatic heterocycles. The topological polar surface area (TPSA) is 55.1 Å². The molecule has 0 radical (unpaired) electrons. The second kappa shape index (κ2) is 5.43. The number of amides is 1. The van der Waals surface area contributed by atoms with Crippen molar-refractivity contribution < 1.29 is 13.6 Å². The van der Waals surface area contributed by atoms with E-state index in [9.17, 15) is 9.18 Å². The number of fused-ring (bicyclic) bond motifs is 1. The molecule has 3 rings (SSSR count). The molecule has 0 bridgehead atoms. The zero-order chi connectivity index (χ0) is 15.9. The summed E-state index contributed by atoms with van der Waals surface area (Å²) < 4.78 is 20.1. The van der Waals surface area contributed by atoms with E-state index in [0.29, 0.717) is 23.6 Å². The van der Waals surface area contributed by atoms with E-state index in [2.05, 4.69) is 10.3 Å². The first-order valence-electron chi connectivity index (χ1n) is 7.07. The van der Waals surface area contributed by atoms with Gasteiger partial charge in [0.25, 0.3) is 0 Å². The van der Waals surface area contributed by atoms with E-state index in [4.69, 9.17) is 4.42 Å². The van der Waals surface area contributed by atoms with Crippen LogP contribution in [0.15, 0.2) is 27.6 Å². The Labute approximate surface area is 132 Å². The Bertz CT molecular complexity index is 734. The molecular formula is C16H17FN2O2S. The average molecular weight is 320 g/mol. The predicted octanol–water partition coefficient (Wildman–Crippen LogP) is 4.21. The third-order valence-corrected chi connectivity index (χ3v) is 4.46. The molecule has 4 nitrogen and oxygen atoms in total. The molecule has 0 spiro atoms. The van der Waals surface area contributed by atoms with Crippen LogP contribution in [0.1, 0.15) is 33.0 Å². The molecule has 0 saturated carbocycles. The number of carbonyl (C=O) groups excluding carboxylic acids is 1. The molecule has 116 valence electrons. The van der Waals surface area contributed by atoms with Crippen LogP contribution in [-0.4, -0.2) is 16.6 Å². The van der Waals surface area contributed by atoms with Crippen LogP contribution in [0.3, 0.4) is 0 Å². The zero-order valence-electron chi connectivity index (χ0n) is 12.7. The Balaban J connectivity index is 2.04. The number of thioether (sulfide) groups is 1. The van der Waals surface area contributed by atoms with Crippen LogP contribution in [0.5, 0.6) is 0 Å². The number of hydrogen-bond acceptors (Lipinski definition) is 4. The standard InChI is InChI=1S/C16H17FN2O2S/c1-16(2,3)13-8-18-15(21-13)9-6-11-12(7-10(9)17)22-5-4-14(20)19-11/h6-8H,4-5H2,1-3H3,(H,19,20). The van der Waals surface area contributed by atoms with Gasteiger partial charge in [0.1, 0.15) is 11.6 Å². The van der Waals surface area contributed by atoms with Gasteiger partial charge in [-0.05, 0) is 12.1 Å². The summed E-state index contributed by atoms with van der Waals surface area (Å²) in [5.74, 6) is 1.10. The van der Waals surface area contributed by atoms with Gasteiger partial charge in [0, 0.05) is 22.5 Å². The van der Waals surface area contributed by atoms with Gasteiger partial charge in [-0.3, -0.25) is 4.79 Å². The number of anilines is 1. The molecule has 0 saturated heterocycles. The smallest absolute Gasteiger partial charge is 0.229 e. The molecule has 1 aromatic heterocycles. The summed E-state index contributed by atoms with van der Waals surface area (Å²) in [6.45, 7) is 6.00. The van der Waals surface area contributed by atoms with Crippen LogP contribution in [0.4, 0.5) is 10.1 Å². The minimum atomic E-state index is -0.398. The van der Waals surface area contributed by atoms with E-state index < -0.39 is 5.82 Å². The Kier molecular flexibility index (Phi) is 3.72. The SMILES string of the molecule is CC(C)(C)c1cnc(-c2cc3c(cc2F)SCCC(=O)N3)o1. The number of nitrogens with one attached hydrogen (secondary N) is 1. The molecular weight excluding hydrogens is 303 g/mol. The fourth-order valence-electron chi connectivity index (χ4n) is 2.15. The molecule has 22 heavy (non-hydrogen) atoms. The van der Waals surface area contributed by atoms with Crippen molar-refractivity contribution in [2.24, 2.45) is 0 Å². The Hall–Kier alpha value is -1.82. The van der Waals surface area contributed by atoms with Gasteiger partial charge in [-0.2, -0.15) is 0 Å². The summed E-state index contributed by atoms with van der Waals surface area (Å²) in [5.41, 5.74) is 0.675. The van der Waals surface area contributed by atoms with Gasteiger partial charge >= 0.3 is 0 Å². The highest BCUT2D eigenvalue weighted by atomic mass is 32.2. The third kappa shape index (κ3) is 2.88. The van der Waals surface area contributed by atoms with E-state index in [1.54, 1.807) is 12.3 Å². The van der Waals surface area contributed by atoms with E-state index >= 15 is 0 Å². The lowest BCUT2D eigenvalue weighted by Crippen LogP contribution is -2.10. The first-order chi connectivity index (χ1) is 10.3. The van der Waals surface area contributed by atoms with Crippen LogP contribution in [-0.2, 0) is 10.2 Å². The van der Waals surface area contributed by atoms with Crippen LogP contribution < -0.4 is 5.32 Å². The van der Waals surface area contributed by atoms with E-state index in [0.717, 1.165) is 4.90 Å². The van der Waals surface area contributed by atoms with Crippen molar-refractivity contribution >= 4 is 23.4 Å². The van der Waals surface area contributed by atoms with Gasteiger partial charge in [0.2, 0.25) is 11.8 Å². The number of halogens is 1. The number of carbonyl (C=O) groups is 1. The van der Waals surface area contributed by atoms with Crippen molar-refractivity contribution in [1.82, 2.24) is 4.98 Å². The summed E-state index contributed by atoms with van der Waals surface area (Å²) in [7, 11) is 0. The minimum absolute atomic E-state index is 0.0633. The number of hydrogen-bond donors (Lipinski definition) is 1. The first kappa shape index (κ1) is 15.1. The molecule has 0 fully saturated rings. The number of oxazole rings is 1. The highest BCUT2D eigenvalue weighted by molar-refractivity contribution is 7.99. The molecule has 0 atom stereocenters. The molecule has 1 amide bonds. The maximum atomic E-state index is 14.4. The monoisotopic (exact) mass is 320 g/mol. The second-order valence-electron chi connectivity index (χ2n) is 6.25. The first-order valence-corrected chi connectivity index (χ1v) is 8.06. The van der Waals surface area contributed by atoms with Crippen LogP contribution >= 0.6 is 11.8 Å². The van der Waals surface area contributed by atoms with E-state index in [1.165, 1.54) is 17.8 Å². The van der Waals surface area contributed by atoms with Gasteiger partial charge < -0.3 is 9.73 Å². The van der Waals surface area contributed by atoms with Gasteiger partial charge in [-0.1, -0.05) is 20.8 Å². The molecule has 1 aliphatic rings. The molecule has 6 heteroatoms. The normalized spacial score (nSPS) is 15.2. The Morgan fingerprint density at radius 2 is 2.14 bits per heavy atom. The summed E-state index contributed by atoms with van der Waals surface area (Å²) in [4.78, 5) is 16.6. The lowest BCUT2D eigenvalue weighted by Gasteiger charge is -2.13. The van der Waals surface area contributed by atoms with Crippen molar-refractivity contribution in [3.05, 3.63) is 29.9 Å². The summed E-state index contributed by atoms with van der Waals surface area (Å²) >= 11 is 1.47. The molecule has 0 unspecified atom stereocenters. The van der Waals surface area contributed by atoms with Crippen LogP contribution in [0.2, 0.25) is 0 Å². The summed E-state index contributed by atoms with van der Waals surface area (Å²) in [6.07, 6.45) is 2.04. The highest BCUT2D eigenvalue weighted by Crippen LogP contribution is 2.37. The van der Waals surface area contributed by atoms with E-state index in [1.807, 2.05) is 20.8 Å². The minimum Gasteiger partial charge on any atom is -0.441 e. The van der Waals surface area contributed by atoms with Crippen molar-refractivity contribution in [1.29, 1.82) is 0 Å². The summed E-state index contributed by atoms with van der Waals surface area (Å²) in [5, 5.41) is 2.80. The quantitative estimate of drug-likeness (QED) is 0.855. The third-order valence-electron chi connectivity index (χ3n) is 3.41. The van der Waals surface area contributed by atoms with Gasteiger partial charge in [-0.25, -0.2) is 9.37 Å². The lowest BCUT2D eigenvalue weighted by atomic mass is 9.94. The highest BCUT2D eigenvalue weighted by Gasteiger charge is 2.23. The average Bonchev–Trinajstić information content (AvgIpc) is 2.84. The Morgan fingerprint density at radius 1 is 1.36 bits per heavy atom. The van der Waals surface area contributed by atoms with Gasteiger partial charge in [0.15, 0.2) is 0 Å². The van der Waals surface area contributed by atoms with Crippen molar-refractivity contribution in [3.63, 3.8) is 0 Å². The fourth-order valence-corrected chi connectivity index (χ4v) is 3.11. The van der Waals surface area contributed by atoms with Crippen LogP contribution in [0.25, 0.3) is 11.5 Å². The summed E-state index contributed by atoms with van der Waals surface area (Å²) in [6, 6.07) is 3.03. The van der Waals surface area contributed by atoms with E-state index in [-0.39, 0.29) is 22.8 Å². The lowest BCUT2D eigenvalue weighted by molar-refractivity contribution is -0.115. The molecule has 2 heterocycles. The second-order valence-corrected chi connectivity index (χ2v) is 7.39. The van der Waals surface area contributed by atoms with Gasteiger partial charge in [-0.15, -0.1) is 11.8 Å². The van der Waals surface area contributed by atoms with Crippen molar-refractivity contribution in [2.75, 3.05) is 11.1 Å². The predicted molar refractivity (Wildman–Crippen MR) is 84.6 cm³/mol. The van der Waals surface area contributed by atoms with Crippen LogP contribution in [0, 0.1) is 5.82 Å². The Morgan fingerprint density at radius 3 is 2.82 bits per heavy atom. The van der Waals surface area contributed by atoms with Crippen molar-refractivity contribution in [3.8, 4) is 11.5 Å². The fraction of sp³-hybridized carbons (Fsp3) is 0.375. The number of benzene rings is 1. The number of nitrogens with zero attached hydrogens (tertiary/aromatic N) is 1. The van der Waals surface area contributed by atoms with Crippen molar-refractivity contribution in [2.45, 2.75) is 37.5 Å². The molecule has 1 aromatic carbocycles.